The lowest BCUT2D eigenvalue weighted by Gasteiger charge is -2.12. The molecule has 0 spiro atoms. The Morgan fingerprint density at radius 3 is 2.50 bits per heavy atom. The van der Waals surface area contributed by atoms with Crippen molar-refractivity contribution >= 4 is 17.6 Å². The molecule has 0 saturated heterocycles. The van der Waals surface area contributed by atoms with Crippen LogP contribution in [0.15, 0.2) is 72.8 Å². The number of hydrogen-bond donors (Lipinski definition) is 2. The van der Waals surface area contributed by atoms with Gasteiger partial charge in [-0.3, -0.25) is 9.78 Å². The molecule has 0 amide bonds. The van der Waals surface area contributed by atoms with Gasteiger partial charge in [0.1, 0.15) is 17.4 Å². The van der Waals surface area contributed by atoms with Crippen LogP contribution in [0.2, 0.25) is 0 Å². The summed E-state index contributed by atoms with van der Waals surface area (Å²) in [4.78, 5) is 28.6. The van der Waals surface area contributed by atoms with Crippen LogP contribution in [0.4, 0.5) is 5.69 Å². The minimum atomic E-state index is -0.716. The third-order valence-corrected chi connectivity index (χ3v) is 3.95. The van der Waals surface area contributed by atoms with E-state index in [0.717, 1.165) is 11.4 Å². The minimum absolute atomic E-state index is 0.146. The fraction of sp³-hybridized carbons (Fsp3) is 0.227. The normalized spacial score (nSPS) is 12.2. The predicted molar refractivity (Wildman–Crippen MR) is 113 cm³/mol. The van der Waals surface area contributed by atoms with Gasteiger partial charge in [0, 0.05) is 18.1 Å². The minimum Gasteiger partial charge on any atom is -0.497 e. The highest BCUT2D eigenvalue weighted by Gasteiger charge is 2.20. The van der Waals surface area contributed by atoms with E-state index in [1.54, 1.807) is 68.8 Å². The maximum Gasteiger partial charge on any atom is 0.355 e. The van der Waals surface area contributed by atoms with Crippen LogP contribution in [-0.4, -0.2) is 37.7 Å². The Morgan fingerprint density at radius 1 is 1.13 bits per heavy atom. The summed E-state index contributed by atoms with van der Waals surface area (Å²) >= 11 is 0. The van der Waals surface area contributed by atoms with Crippen LogP contribution in [0.5, 0.6) is 5.75 Å². The second-order valence-electron chi connectivity index (χ2n) is 5.91. The molecule has 0 aliphatic carbocycles. The fourth-order valence-electron chi connectivity index (χ4n) is 2.44. The third kappa shape index (κ3) is 6.66. The second-order valence-corrected chi connectivity index (χ2v) is 5.91. The summed E-state index contributed by atoms with van der Waals surface area (Å²) in [7, 11) is 2.87. The van der Waals surface area contributed by atoms with E-state index in [1.165, 1.54) is 19.5 Å². The van der Waals surface area contributed by atoms with Gasteiger partial charge >= 0.3 is 11.9 Å². The van der Waals surface area contributed by atoms with Crippen molar-refractivity contribution < 1.29 is 23.8 Å². The summed E-state index contributed by atoms with van der Waals surface area (Å²) in [6.07, 6.45) is 6.12. The zero-order valence-corrected chi connectivity index (χ0v) is 17.1. The number of anilines is 1. The van der Waals surface area contributed by atoms with Crippen molar-refractivity contribution in [3.8, 4) is 5.75 Å². The molecule has 2 rings (SSSR count). The van der Waals surface area contributed by atoms with E-state index >= 15 is 0 Å². The van der Waals surface area contributed by atoms with E-state index in [0.29, 0.717) is 5.69 Å². The van der Waals surface area contributed by atoms with E-state index < -0.39 is 17.9 Å². The number of benzene rings is 1. The Kier molecular flexibility index (Phi) is 8.92. The van der Waals surface area contributed by atoms with Gasteiger partial charge in [-0.1, -0.05) is 6.07 Å². The third-order valence-electron chi connectivity index (χ3n) is 3.95. The van der Waals surface area contributed by atoms with E-state index in [4.69, 9.17) is 14.2 Å². The number of ether oxygens (including phenoxy) is 3. The molecule has 2 aromatic rings. The van der Waals surface area contributed by atoms with E-state index in [1.807, 2.05) is 0 Å². The lowest BCUT2D eigenvalue weighted by atomic mass is 10.1. The Morgan fingerprint density at radius 2 is 1.90 bits per heavy atom. The highest BCUT2D eigenvalue weighted by Crippen LogP contribution is 2.17. The zero-order chi connectivity index (χ0) is 21.8. The van der Waals surface area contributed by atoms with Crippen LogP contribution in [0.1, 0.15) is 18.5 Å². The standard InChI is InChI=1S/C22H25N3O5/c1-4-30-21(26)18(19-7-5-6-13-23-19)12-14-24-20(22(27)29-3)15-25-16-8-10-17(28-2)11-9-16/h5-15,18,24-25H,4H2,1-3H3/b14-12+,20-15+. The van der Waals surface area contributed by atoms with Gasteiger partial charge in [-0.05, 0) is 55.6 Å². The molecular formula is C22H25N3O5. The molecule has 1 aromatic heterocycles. The van der Waals surface area contributed by atoms with Gasteiger partial charge in [0.25, 0.3) is 0 Å². The molecule has 0 radical (unpaired) electrons. The topological polar surface area (TPSA) is 98.8 Å². The number of rotatable bonds is 10. The maximum absolute atomic E-state index is 12.3. The van der Waals surface area contributed by atoms with Gasteiger partial charge in [0.15, 0.2) is 0 Å². The van der Waals surface area contributed by atoms with Gasteiger partial charge in [-0.2, -0.15) is 0 Å². The number of carbonyl (C=O) groups is 2. The van der Waals surface area contributed by atoms with Gasteiger partial charge in [-0.15, -0.1) is 0 Å². The number of hydrogen-bond acceptors (Lipinski definition) is 8. The van der Waals surface area contributed by atoms with Crippen molar-refractivity contribution in [2.45, 2.75) is 12.8 Å². The van der Waals surface area contributed by atoms with Crippen LogP contribution in [-0.2, 0) is 19.1 Å². The first-order valence-corrected chi connectivity index (χ1v) is 9.28. The van der Waals surface area contributed by atoms with Crippen LogP contribution in [0.3, 0.4) is 0 Å². The smallest absolute Gasteiger partial charge is 0.355 e. The average Bonchev–Trinajstić information content (AvgIpc) is 2.79. The summed E-state index contributed by atoms with van der Waals surface area (Å²) in [5.74, 6) is -1.01. The van der Waals surface area contributed by atoms with Crippen molar-refractivity contribution in [1.29, 1.82) is 0 Å². The highest BCUT2D eigenvalue weighted by atomic mass is 16.5. The quantitative estimate of drug-likeness (QED) is 0.455. The molecule has 158 valence electrons. The first kappa shape index (κ1) is 22.5. The number of esters is 2. The molecule has 0 fully saturated rings. The second kappa shape index (κ2) is 11.9. The monoisotopic (exact) mass is 411 g/mol. The number of nitrogens with one attached hydrogen (secondary N) is 2. The van der Waals surface area contributed by atoms with Crippen LogP contribution < -0.4 is 15.4 Å². The Labute approximate surface area is 175 Å². The first-order chi connectivity index (χ1) is 14.6. The largest absolute Gasteiger partial charge is 0.497 e. The van der Waals surface area contributed by atoms with Gasteiger partial charge in [-0.25, -0.2) is 4.79 Å². The molecule has 0 bridgehead atoms. The Balaban J connectivity index is 2.14. The molecule has 1 aromatic carbocycles. The number of pyridine rings is 1. The van der Waals surface area contributed by atoms with Crippen molar-refractivity contribution in [2.24, 2.45) is 0 Å². The van der Waals surface area contributed by atoms with Crippen molar-refractivity contribution in [3.63, 3.8) is 0 Å². The lowest BCUT2D eigenvalue weighted by molar-refractivity contribution is -0.143. The SMILES string of the molecule is CCOC(=O)C(/C=C/N/C(=C/Nc1ccc(OC)cc1)C(=O)OC)c1ccccn1. The Hall–Kier alpha value is -3.81. The molecule has 0 aliphatic heterocycles. The molecule has 0 aliphatic rings. The van der Waals surface area contributed by atoms with E-state index in [9.17, 15) is 9.59 Å². The predicted octanol–water partition coefficient (Wildman–Crippen LogP) is 2.97. The zero-order valence-electron chi connectivity index (χ0n) is 17.1. The molecule has 1 atom stereocenters. The number of aromatic nitrogens is 1. The lowest BCUT2D eigenvalue weighted by Crippen LogP contribution is -2.20. The Bertz CT molecular complexity index is 879. The average molecular weight is 411 g/mol. The fourth-order valence-corrected chi connectivity index (χ4v) is 2.44. The molecule has 2 N–H and O–H groups in total. The molecule has 1 heterocycles. The number of methoxy groups -OCH3 is 2. The van der Waals surface area contributed by atoms with Crippen molar-refractivity contribution in [2.75, 3.05) is 26.1 Å². The van der Waals surface area contributed by atoms with Crippen molar-refractivity contribution in [3.05, 3.63) is 78.5 Å². The van der Waals surface area contributed by atoms with E-state index in [-0.39, 0.29) is 12.3 Å². The summed E-state index contributed by atoms with van der Waals surface area (Å²) in [5.41, 5.74) is 1.43. The summed E-state index contributed by atoms with van der Waals surface area (Å²) in [6, 6.07) is 12.5. The molecule has 0 saturated carbocycles. The maximum atomic E-state index is 12.3. The van der Waals surface area contributed by atoms with Crippen LogP contribution in [0.25, 0.3) is 0 Å². The summed E-state index contributed by atoms with van der Waals surface area (Å²) < 4.78 is 15.0. The van der Waals surface area contributed by atoms with Gasteiger partial charge in [0.05, 0.1) is 26.5 Å². The van der Waals surface area contributed by atoms with E-state index in [2.05, 4.69) is 15.6 Å². The number of carbonyl (C=O) groups excluding carboxylic acids is 2. The van der Waals surface area contributed by atoms with Crippen LogP contribution >= 0.6 is 0 Å². The molecule has 8 heteroatoms. The van der Waals surface area contributed by atoms with Gasteiger partial charge in [0.2, 0.25) is 0 Å². The van der Waals surface area contributed by atoms with Crippen molar-refractivity contribution in [1.82, 2.24) is 10.3 Å². The highest BCUT2D eigenvalue weighted by molar-refractivity contribution is 5.88. The first-order valence-electron chi connectivity index (χ1n) is 9.28. The summed E-state index contributed by atoms with van der Waals surface area (Å²) in [5, 5.41) is 5.85. The molecule has 1 unspecified atom stereocenters. The van der Waals surface area contributed by atoms with Gasteiger partial charge < -0.3 is 24.8 Å². The molecule has 30 heavy (non-hydrogen) atoms. The molecular weight excluding hydrogens is 386 g/mol. The molecule has 8 nitrogen and oxygen atoms in total. The summed E-state index contributed by atoms with van der Waals surface area (Å²) in [6.45, 7) is 1.99. The van der Waals surface area contributed by atoms with Crippen LogP contribution in [0, 0.1) is 0 Å². The number of nitrogens with zero attached hydrogens (tertiary/aromatic N) is 1.